The second-order valence-corrected chi connectivity index (χ2v) is 5.97. The van der Waals surface area contributed by atoms with Gasteiger partial charge in [-0.3, -0.25) is 0 Å². The minimum atomic E-state index is -3.73. The van der Waals surface area contributed by atoms with Crippen LogP contribution in [0.2, 0.25) is 0 Å². The zero-order valence-electron chi connectivity index (χ0n) is 10.9. The number of sulfonamides is 1. The molecule has 0 aliphatic carbocycles. The molecule has 1 heterocycles. The molecule has 0 amide bonds. The average Bonchev–Trinajstić information content (AvgIpc) is 3.00. The molecule has 3 rings (SSSR count). The number of hydrogen-bond acceptors (Lipinski definition) is 4. The number of rotatable bonds is 4. The number of hydrogen-bond donors (Lipinski definition) is 1. The van der Waals surface area contributed by atoms with E-state index < -0.39 is 10.0 Å². The van der Waals surface area contributed by atoms with Crippen LogP contribution >= 0.6 is 0 Å². The molecule has 6 heteroatoms. The zero-order valence-corrected chi connectivity index (χ0v) is 11.7. The molecule has 0 unspecified atom stereocenters. The monoisotopic (exact) mass is 300 g/mol. The fraction of sp³-hybridized carbons (Fsp3) is 0. The van der Waals surface area contributed by atoms with E-state index in [1.165, 1.54) is 12.5 Å². The summed E-state index contributed by atoms with van der Waals surface area (Å²) in [6, 6.07) is 15.8. The van der Waals surface area contributed by atoms with Crippen LogP contribution in [-0.4, -0.2) is 14.6 Å². The Balaban J connectivity index is 1.93. The molecular formula is C15H12N2O3S. The Bertz CT molecular complexity index is 879. The van der Waals surface area contributed by atoms with Crippen LogP contribution in [0.15, 0.2) is 75.3 Å². The van der Waals surface area contributed by atoms with Crippen LogP contribution in [0.4, 0.5) is 0 Å². The second-order valence-electron chi connectivity index (χ2n) is 4.35. The molecule has 0 fully saturated rings. The molecule has 0 saturated heterocycles. The van der Waals surface area contributed by atoms with Crippen LogP contribution in [0.3, 0.4) is 0 Å². The quantitative estimate of drug-likeness (QED) is 0.595. The van der Waals surface area contributed by atoms with Gasteiger partial charge in [0.15, 0.2) is 0 Å². The summed E-state index contributed by atoms with van der Waals surface area (Å²) in [7, 11) is -3.73. The molecule has 0 aliphatic heterocycles. The third-order valence-corrected chi connectivity index (χ3v) is 4.23. The lowest BCUT2D eigenvalue weighted by molar-refractivity contribution is 0.559. The van der Waals surface area contributed by atoms with E-state index in [0.29, 0.717) is 11.1 Å². The Morgan fingerprint density at radius 2 is 1.81 bits per heavy atom. The van der Waals surface area contributed by atoms with Crippen molar-refractivity contribution >= 4 is 27.0 Å². The van der Waals surface area contributed by atoms with Gasteiger partial charge in [0.25, 0.3) is 10.0 Å². The van der Waals surface area contributed by atoms with Crippen molar-refractivity contribution in [3.05, 3.63) is 66.6 Å². The van der Waals surface area contributed by atoms with Crippen LogP contribution < -0.4 is 4.83 Å². The summed E-state index contributed by atoms with van der Waals surface area (Å²) in [5, 5.41) is 5.22. The van der Waals surface area contributed by atoms with Gasteiger partial charge in [0.2, 0.25) is 0 Å². The first-order valence-corrected chi connectivity index (χ1v) is 7.71. The first-order chi connectivity index (χ1) is 10.2. The van der Waals surface area contributed by atoms with Gasteiger partial charge in [-0.05, 0) is 23.6 Å². The second kappa shape index (κ2) is 5.41. The molecular weight excluding hydrogens is 288 g/mol. The summed E-state index contributed by atoms with van der Waals surface area (Å²) in [6.45, 7) is 0. The molecule has 0 atom stereocenters. The third-order valence-electron chi connectivity index (χ3n) is 2.95. The van der Waals surface area contributed by atoms with Crippen LogP contribution in [-0.2, 0) is 10.0 Å². The summed E-state index contributed by atoms with van der Waals surface area (Å²) in [5.41, 5.74) is 0. The normalized spacial score (nSPS) is 12.0. The van der Waals surface area contributed by atoms with Gasteiger partial charge in [0, 0.05) is 5.39 Å². The van der Waals surface area contributed by atoms with Gasteiger partial charge >= 0.3 is 0 Å². The molecule has 106 valence electrons. The number of benzene rings is 2. The summed E-state index contributed by atoms with van der Waals surface area (Å²) in [6.07, 6.45) is 2.79. The summed E-state index contributed by atoms with van der Waals surface area (Å²) < 4.78 is 29.7. The number of nitrogens with one attached hydrogen (secondary N) is 1. The molecule has 21 heavy (non-hydrogen) atoms. The lowest BCUT2D eigenvalue weighted by Crippen LogP contribution is -2.18. The molecule has 1 aromatic heterocycles. The topological polar surface area (TPSA) is 71.7 Å². The number of furan rings is 1. The van der Waals surface area contributed by atoms with Gasteiger partial charge in [-0.1, -0.05) is 36.4 Å². The maximum atomic E-state index is 12.3. The minimum Gasteiger partial charge on any atom is -0.463 e. The lowest BCUT2D eigenvalue weighted by Gasteiger charge is -2.06. The van der Waals surface area contributed by atoms with Gasteiger partial charge in [0.1, 0.15) is 5.76 Å². The van der Waals surface area contributed by atoms with Crippen LogP contribution in [0.1, 0.15) is 5.76 Å². The van der Waals surface area contributed by atoms with Crippen molar-refractivity contribution in [2.24, 2.45) is 5.10 Å². The van der Waals surface area contributed by atoms with E-state index in [1.807, 2.05) is 18.2 Å². The maximum Gasteiger partial charge on any atom is 0.277 e. The van der Waals surface area contributed by atoms with Crippen molar-refractivity contribution in [2.75, 3.05) is 0 Å². The molecule has 1 N–H and O–H groups in total. The fourth-order valence-electron chi connectivity index (χ4n) is 2.00. The molecule has 0 radical (unpaired) electrons. The van der Waals surface area contributed by atoms with E-state index >= 15 is 0 Å². The lowest BCUT2D eigenvalue weighted by atomic mass is 10.1. The third kappa shape index (κ3) is 2.80. The number of hydrazone groups is 1. The van der Waals surface area contributed by atoms with Crippen LogP contribution in [0.25, 0.3) is 10.8 Å². The van der Waals surface area contributed by atoms with Crippen molar-refractivity contribution in [2.45, 2.75) is 4.90 Å². The van der Waals surface area contributed by atoms with Crippen molar-refractivity contribution < 1.29 is 12.8 Å². The molecule has 3 aromatic rings. The Kier molecular flexibility index (Phi) is 3.45. The zero-order chi connectivity index (χ0) is 14.7. The van der Waals surface area contributed by atoms with Gasteiger partial charge in [-0.15, -0.1) is 0 Å². The SMILES string of the molecule is O=S(=O)(N/N=C\c1ccco1)c1cccc2ccccc12. The maximum absolute atomic E-state index is 12.3. The standard InChI is InChI=1S/C15H12N2O3S/c18-21(19,17-16-11-13-7-4-10-20-13)15-9-3-6-12-5-1-2-8-14(12)15/h1-11,17H/b16-11-. The summed E-state index contributed by atoms with van der Waals surface area (Å²) in [4.78, 5) is 2.38. The Morgan fingerprint density at radius 1 is 1.00 bits per heavy atom. The van der Waals surface area contributed by atoms with E-state index in [-0.39, 0.29) is 4.90 Å². The highest BCUT2D eigenvalue weighted by Gasteiger charge is 2.15. The highest BCUT2D eigenvalue weighted by Crippen LogP contribution is 2.22. The average molecular weight is 300 g/mol. The molecule has 5 nitrogen and oxygen atoms in total. The number of nitrogens with zero attached hydrogens (tertiary/aromatic N) is 1. The summed E-state index contributed by atoms with van der Waals surface area (Å²) in [5.74, 6) is 0.468. The van der Waals surface area contributed by atoms with E-state index in [4.69, 9.17) is 4.42 Å². The van der Waals surface area contributed by atoms with Gasteiger partial charge in [-0.25, -0.2) is 0 Å². The van der Waals surface area contributed by atoms with Crippen molar-refractivity contribution in [1.29, 1.82) is 0 Å². The summed E-state index contributed by atoms with van der Waals surface area (Å²) >= 11 is 0. The van der Waals surface area contributed by atoms with Gasteiger partial charge < -0.3 is 4.42 Å². The largest absolute Gasteiger partial charge is 0.463 e. The molecule has 0 saturated carbocycles. The molecule has 0 bridgehead atoms. The highest BCUT2D eigenvalue weighted by atomic mass is 32.2. The van der Waals surface area contributed by atoms with E-state index in [0.717, 1.165) is 5.39 Å². The molecule has 2 aromatic carbocycles. The first-order valence-electron chi connectivity index (χ1n) is 6.23. The Morgan fingerprint density at radius 3 is 2.62 bits per heavy atom. The van der Waals surface area contributed by atoms with E-state index in [2.05, 4.69) is 9.93 Å². The minimum absolute atomic E-state index is 0.192. The predicted molar refractivity (Wildman–Crippen MR) is 80.6 cm³/mol. The predicted octanol–water partition coefficient (Wildman–Crippen LogP) is 2.75. The smallest absolute Gasteiger partial charge is 0.277 e. The van der Waals surface area contributed by atoms with Gasteiger partial charge in [-0.2, -0.15) is 18.4 Å². The van der Waals surface area contributed by atoms with E-state index in [1.54, 1.807) is 36.4 Å². The molecule has 0 aliphatic rings. The fourth-order valence-corrected chi connectivity index (χ4v) is 3.03. The van der Waals surface area contributed by atoms with Crippen molar-refractivity contribution in [1.82, 2.24) is 4.83 Å². The van der Waals surface area contributed by atoms with Crippen LogP contribution in [0, 0.1) is 0 Å². The number of fused-ring (bicyclic) bond motifs is 1. The first kappa shape index (κ1) is 13.4. The van der Waals surface area contributed by atoms with E-state index in [9.17, 15) is 8.42 Å². The van der Waals surface area contributed by atoms with Crippen LogP contribution in [0.5, 0.6) is 0 Å². The highest BCUT2D eigenvalue weighted by molar-refractivity contribution is 7.89. The Hall–Kier alpha value is -2.60. The Labute approximate surface area is 122 Å². The molecule has 0 spiro atoms. The van der Waals surface area contributed by atoms with Crippen molar-refractivity contribution in [3.63, 3.8) is 0 Å². The van der Waals surface area contributed by atoms with Crippen molar-refractivity contribution in [3.8, 4) is 0 Å². The van der Waals surface area contributed by atoms with Gasteiger partial charge in [0.05, 0.1) is 17.4 Å².